The summed E-state index contributed by atoms with van der Waals surface area (Å²) >= 11 is 1.35. The van der Waals surface area contributed by atoms with Crippen LogP contribution in [0.1, 0.15) is 23.6 Å². The van der Waals surface area contributed by atoms with Gasteiger partial charge in [-0.15, -0.1) is 11.8 Å². The zero-order chi connectivity index (χ0) is 23.5. The van der Waals surface area contributed by atoms with Gasteiger partial charge in [0.2, 0.25) is 0 Å². The van der Waals surface area contributed by atoms with Crippen molar-refractivity contribution in [2.24, 2.45) is 0 Å². The fourth-order valence-corrected chi connectivity index (χ4v) is 4.75. The minimum Gasteiger partial charge on any atom is -0.494 e. The summed E-state index contributed by atoms with van der Waals surface area (Å²) in [5, 5.41) is 4.09. The zero-order valence-corrected chi connectivity index (χ0v) is 19.6. The number of imide groups is 1. The van der Waals surface area contributed by atoms with Crippen LogP contribution in [0.4, 0.5) is 10.5 Å². The number of hydrogen-bond acceptors (Lipinski definition) is 5. The Labute approximate surface area is 197 Å². The molecule has 0 saturated carbocycles. The number of urea groups is 1. The Balaban J connectivity index is 1.53. The van der Waals surface area contributed by atoms with E-state index < -0.39 is 11.3 Å². The quantitative estimate of drug-likeness (QED) is 0.629. The number of fused-ring (bicyclic) bond motifs is 1. The number of anilines is 1. The van der Waals surface area contributed by atoms with Gasteiger partial charge in [0.05, 0.1) is 6.61 Å². The van der Waals surface area contributed by atoms with E-state index >= 15 is 0 Å². The van der Waals surface area contributed by atoms with E-state index in [1.54, 1.807) is 35.7 Å². The van der Waals surface area contributed by atoms with Crippen molar-refractivity contribution < 1.29 is 23.7 Å². The van der Waals surface area contributed by atoms with Gasteiger partial charge in [-0.25, -0.2) is 4.79 Å². The third-order valence-electron chi connectivity index (χ3n) is 5.65. The molecule has 4 amide bonds. The Morgan fingerprint density at radius 2 is 1.88 bits per heavy atom. The Kier molecular flexibility index (Phi) is 6.65. The normalized spacial score (nSPS) is 17.4. The molecule has 2 heterocycles. The van der Waals surface area contributed by atoms with Gasteiger partial charge >= 0.3 is 11.9 Å². The molecule has 1 unspecified atom stereocenters. The van der Waals surface area contributed by atoms with Crippen LogP contribution < -0.4 is 10.1 Å². The Morgan fingerprint density at radius 3 is 2.58 bits per heavy atom. The predicted octanol–water partition coefficient (Wildman–Crippen LogP) is 3.89. The summed E-state index contributed by atoms with van der Waals surface area (Å²) in [7, 11) is 0. The molecule has 2 aromatic rings. The van der Waals surface area contributed by atoms with E-state index in [0.29, 0.717) is 23.8 Å². The largest absolute Gasteiger partial charge is 0.501 e. The number of rotatable bonds is 7. The molecule has 0 fully saturated rings. The fraction of sp³-hybridized carbons (Fsp3) is 0.280. The van der Waals surface area contributed by atoms with Crippen LogP contribution in [0.15, 0.2) is 53.9 Å². The summed E-state index contributed by atoms with van der Waals surface area (Å²) in [5.41, 5.74) is 4.27. The molecule has 8 heteroatoms. The van der Waals surface area contributed by atoms with Gasteiger partial charge in [-0.3, -0.25) is 4.79 Å². The summed E-state index contributed by atoms with van der Waals surface area (Å²) in [6, 6.07) is 12.4. The summed E-state index contributed by atoms with van der Waals surface area (Å²) in [5.74, 6) is 0.115. The average molecular weight is 465 g/mol. The van der Waals surface area contributed by atoms with Crippen LogP contribution in [-0.4, -0.2) is 51.4 Å². The van der Waals surface area contributed by atoms with Gasteiger partial charge in [-0.2, -0.15) is 14.3 Å². The van der Waals surface area contributed by atoms with E-state index in [4.69, 9.17) is 4.74 Å². The topological polar surface area (TPSA) is 78.7 Å². The molecule has 170 valence electrons. The molecule has 0 bridgehead atoms. The van der Waals surface area contributed by atoms with Crippen LogP contribution in [0.25, 0.3) is 0 Å². The summed E-state index contributed by atoms with van der Waals surface area (Å²) in [6.07, 6.45) is 1.74. The standard InChI is InChI=1S/C25H25N3O4S/c1-4-32-20-9-7-19(8-10-20)26-22(29)15-27-21-11-12-33-23(21)24(30)28(25(27)31)14-18-6-5-16(2)17(3)13-18/h5-13,23H,4,14-15H2,1-3H3/p+1. The van der Waals surface area contributed by atoms with Gasteiger partial charge in [0.25, 0.3) is 5.91 Å². The van der Waals surface area contributed by atoms with E-state index in [0.717, 1.165) is 16.7 Å². The van der Waals surface area contributed by atoms with Crippen molar-refractivity contribution in [3.63, 3.8) is 0 Å². The highest BCUT2D eigenvalue weighted by atomic mass is 32.2. The SMILES string of the molecule is CCOc1ccc(NC(=O)C[N+]2=C3C=CSC3C(=O)N(Cc3ccc(C)c(C)c3)C2=O)cc1. The molecule has 2 aromatic carbocycles. The summed E-state index contributed by atoms with van der Waals surface area (Å²) in [6.45, 7) is 6.47. The van der Waals surface area contributed by atoms with Crippen LogP contribution in [0.3, 0.4) is 0 Å². The van der Waals surface area contributed by atoms with Crippen LogP contribution >= 0.6 is 11.8 Å². The second-order valence-corrected chi connectivity index (χ2v) is 8.98. The number of allylic oxidation sites excluding steroid dienone is 1. The van der Waals surface area contributed by atoms with E-state index in [2.05, 4.69) is 5.32 Å². The number of nitrogens with one attached hydrogen (secondary N) is 1. The Hall–Kier alpha value is -3.39. The van der Waals surface area contributed by atoms with E-state index in [1.165, 1.54) is 21.2 Å². The van der Waals surface area contributed by atoms with Crippen molar-refractivity contribution in [1.82, 2.24) is 4.90 Å². The maximum Gasteiger partial charge on any atom is 0.501 e. The summed E-state index contributed by atoms with van der Waals surface area (Å²) < 4.78 is 6.81. The molecule has 1 atom stereocenters. The maximum atomic E-state index is 13.3. The second-order valence-electron chi connectivity index (χ2n) is 7.96. The smallest absolute Gasteiger partial charge is 0.494 e. The summed E-state index contributed by atoms with van der Waals surface area (Å²) in [4.78, 5) is 40.4. The molecular weight excluding hydrogens is 438 g/mol. The number of hydrogen-bond donors (Lipinski definition) is 1. The molecule has 0 aliphatic carbocycles. The van der Waals surface area contributed by atoms with E-state index in [-0.39, 0.29) is 24.9 Å². The lowest BCUT2D eigenvalue weighted by Gasteiger charge is -2.24. The molecule has 0 spiro atoms. The van der Waals surface area contributed by atoms with Crippen LogP contribution in [-0.2, 0) is 16.1 Å². The molecule has 0 radical (unpaired) electrons. The highest BCUT2D eigenvalue weighted by Gasteiger charge is 2.49. The van der Waals surface area contributed by atoms with Crippen LogP contribution in [0.2, 0.25) is 0 Å². The third kappa shape index (κ3) is 4.85. The minimum absolute atomic E-state index is 0.167. The monoisotopic (exact) mass is 464 g/mol. The lowest BCUT2D eigenvalue weighted by atomic mass is 10.1. The number of carbonyl (C=O) groups excluding carboxylic acids is 3. The number of ether oxygens (including phenoxy) is 1. The van der Waals surface area contributed by atoms with Gasteiger partial charge in [-0.1, -0.05) is 18.2 Å². The Bertz CT molecular complexity index is 1170. The van der Waals surface area contributed by atoms with Crippen molar-refractivity contribution in [3.05, 3.63) is 70.6 Å². The number of benzene rings is 2. The first-order valence-electron chi connectivity index (χ1n) is 10.8. The van der Waals surface area contributed by atoms with Crippen LogP contribution in [0.5, 0.6) is 5.75 Å². The number of nitrogens with zero attached hydrogens (tertiary/aromatic N) is 2. The first-order valence-corrected chi connectivity index (χ1v) is 11.7. The van der Waals surface area contributed by atoms with Gasteiger partial charge in [-0.05, 0) is 73.2 Å². The fourth-order valence-electron chi connectivity index (χ4n) is 3.79. The van der Waals surface area contributed by atoms with Crippen molar-refractivity contribution >= 4 is 41.0 Å². The minimum atomic E-state index is -0.521. The molecule has 0 aromatic heterocycles. The molecule has 1 N–H and O–H groups in total. The van der Waals surface area contributed by atoms with Crippen molar-refractivity contribution in [2.75, 3.05) is 18.5 Å². The van der Waals surface area contributed by atoms with E-state index in [9.17, 15) is 14.4 Å². The maximum absolute atomic E-state index is 13.3. The number of aryl methyl sites for hydroxylation is 2. The first kappa shape index (κ1) is 22.8. The number of carbonyl (C=O) groups is 3. The predicted molar refractivity (Wildman–Crippen MR) is 129 cm³/mol. The van der Waals surface area contributed by atoms with Gasteiger partial charge in [0.1, 0.15) is 18.0 Å². The van der Waals surface area contributed by atoms with Gasteiger partial charge in [0, 0.05) is 5.69 Å². The lowest BCUT2D eigenvalue weighted by Crippen LogP contribution is -2.55. The van der Waals surface area contributed by atoms with Crippen molar-refractivity contribution in [1.29, 1.82) is 0 Å². The molecular formula is C25H26N3O4S+. The van der Waals surface area contributed by atoms with Gasteiger partial charge < -0.3 is 10.1 Å². The zero-order valence-electron chi connectivity index (χ0n) is 18.8. The van der Waals surface area contributed by atoms with Crippen LogP contribution in [0, 0.1) is 13.8 Å². The Morgan fingerprint density at radius 1 is 1.12 bits per heavy atom. The first-order chi connectivity index (χ1) is 15.9. The molecule has 2 aliphatic heterocycles. The number of thioether (sulfide) groups is 1. The van der Waals surface area contributed by atoms with E-state index in [1.807, 2.05) is 39.0 Å². The molecule has 33 heavy (non-hydrogen) atoms. The molecule has 0 saturated heterocycles. The molecule has 7 nitrogen and oxygen atoms in total. The average Bonchev–Trinajstić information content (AvgIpc) is 3.28. The molecule has 4 rings (SSSR count). The highest BCUT2D eigenvalue weighted by Crippen LogP contribution is 2.29. The van der Waals surface area contributed by atoms with Gasteiger partial charge in [0.15, 0.2) is 11.8 Å². The highest BCUT2D eigenvalue weighted by molar-refractivity contribution is 8.04. The number of amides is 4. The van der Waals surface area contributed by atoms with Crippen molar-refractivity contribution in [3.8, 4) is 5.75 Å². The lowest BCUT2D eigenvalue weighted by molar-refractivity contribution is -0.426. The molecule has 2 aliphatic rings. The third-order valence-corrected chi connectivity index (χ3v) is 6.66. The second kappa shape index (κ2) is 9.62. The van der Waals surface area contributed by atoms with Crippen molar-refractivity contribution in [2.45, 2.75) is 32.6 Å².